The Morgan fingerprint density at radius 2 is 1.87 bits per heavy atom. The Morgan fingerprint density at radius 1 is 1.21 bits per heavy atom. The van der Waals surface area contributed by atoms with Gasteiger partial charge in [-0.1, -0.05) is 13.3 Å². The Bertz CT molecular complexity index is 1050. The number of nitrogens with one attached hydrogen (secondary N) is 3. The van der Waals surface area contributed by atoms with Crippen LogP contribution in [0.2, 0.25) is 0 Å². The average Bonchev–Trinajstić information content (AvgIpc) is 3.64. The number of unbranched alkanes of at least 4 members (excludes halogenated alkanes) is 1. The number of hydrogen-bond acceptors (Lipinski definition) is 8. The number of nitrogens with zero attached hydrogens (tertiary/aromatic N) is 1. The molecule has 0 unspecified atom stereocenters. The number of aliphatic hydroxyl groups is 1. The van der Waals surface area contributed by atoms with E-state index in [9.17, 15) is 31.9 Å². The van der Waals surface area contributed by atoms with Crippen molar-refractivity contribution in [2.24, 2.45) is 0 Å². The van der Waals surface area contributed by atoms with Crippen molar-refractivity contribution >= 4 is 34.2 Å². The minimum atomic E-state index is -3.76. The van der Waals surface area contributed by atoms with Crippen LogP contribution < -0.4 is 16.0 Å². The molecule has 2 rings (SSSR count). The number of rotatable bonds is 16. The Balaban J connectivity index is 0.00000722. The summed E-state index contributed by atoms with van der Waals surface area (Å²) in [5, 5.41) is 27.2. The van der Waals surface area contributed by atoms with Gasteiger partial charge in [0, 0.05) is 18.7 Å². The highest BCUT2D eigenvalue weighted by Crippen LogP contribution is 2.19. The molecule has 0 spiro atoms. The van der Waals surface area contributed by atoms with E-state index in [0.717, 1.165) is 25.0 Å². The molecule has 3 atom stereocenters. The lowest BCUT2D eigenvalue weighted by Gasteiger charge is -2.27. The van der Waals surface area contributed by atoms with Gasteiger partial charge in [-0.3, -0.25) is 4.79 Å². The number of carbonyl (C=O) groups excluding carboxylic acids is 2. The molecule has 14 heteroatoms. The van der Waals surface area contributed by atoms with Gasteiger partial charge in [-0.15, -0.1) is 12.4 Å². The average molecular weight is 581 g/mol. The first kappa shape index (κ1) is 33.5. The minimum Gasteiger partial charge on any atom is -0.448 e. The molecule has 0 aromatic heterocycles. The summed E-state index contributed by atoms with van der Waals surface area (Å²) in [6.07, 6.45) is 0.329. The maximum Gasteiger partial charge on any atom is 0.407 e. The van der Waals surface area contributed by atoms with Gasteiger partial charge in [0.1, 0.15) is 24.3 Å². The second-order valence-corrected chi connectivity index (χ2v) is 11.3. The van der Waals surface area contributed by atoms with Crippen molar-refractivity contribution < 1.29 is 36.6 Å². The van der Waals surface area contributed by atoms with Crippen LogP contribution in [0.25, 0.3) is 0 Å². The molecule has 1 aromatic carbocycles. The van der Waals surface area contributed by atoms with E-state index in [4.69, 9.17) is 10.00 Å². The number of ether oxygens (including phenoxy) is 1. The fourth-order valence-corrected chi connectivity index (χ4v) is 5.16. The number of halogens is 3. The van der Waals surface area contributed by atoms with Crippen LogP contribution in [0.3, 0.4) is 0 Å². The van der Waals surface area contributed by atoms with Crippen LogP contribution in [0.4, 0.5) is 13.6 Å². The molecule has 0 bridgehead atoms. The summed E-state index contributed by atoms with van der Waals surface area (Å²) in [4.78, 5) is 25.3. The second-order valence-electron chi connectivity index (χ2n) is 9.06. The predicted octanol–water partition coefficient (Wildman–Crippen LogP) is 1.75. The molecule has 2 amide bonds. The van der Waals surface area contributed by atoms with Gasteiger partial charge >= 0.3 is 6.09 Å². The maximum atomic E-state index is 13.7. The molecular formula is C24H35ClF2N4O6S. The van der Waals surface area contributed by atoms with Gasteiger partial charge in [0.15, 0.2) is 9.84 Å². The van der Waals surface area contributed by atoms with Gasteiger partial charge in [0.25, 0.3) is 0 Å². The number of alkyl carbamates (subject to hydrolysis) is 1. The highest BCUT2D eigenvalue weighted by Gasteiger charge is 2.32. The molecule has 1 aliphatic rings. The highest BCUT2D eigenvalue weighted by molar-refractivity contribution is 7.91. The fraction of sp³-hybridized carbons (Fsp3) is 0.625. The Kier molecular flexibility index (Phi) is 14.5. The summed E-state index contributed by atoms with van der Waals surface area (Å²) in [6.45, 7) is 1.64. The predicted molar refractivity (Wildman–Crippen MR) is 138 cm³/mol. The first-order valence-corrected chi connectivity index (χ1v) is 14.0. The summed E-state index contributed by atoms with van der Waals surface area (Å²) >= 11 is 0. The quantitative estimate of drug-likeness (QED) is 0.215. The van der Waals surface area contributed by atoms with Crippen LogP contribution in [-0.4, -0.2) is 74.4 Å². The molecule has 38 heavy (non-hydrogen) atoms. The number of amides is 2. The van der Waals surface area contributed by atoms with Crippen molar-refractivity contribution in [1.29, 1.82) is 5.26 Å². The standard InChI is InChI=1S/C24H34F2N4O6S.ClH/c1-2-3-9-37(34,35)15-21(30-24(33)36-8-4-7-27)23(32)29-20(22(31)14-28-19-5-6-19)12-16-10-17(25)13-18(26)11-16;/h10-11,13,19-22,28,31H,2-6,8-9,12,14-15H2,1H3,(H,29,32)(H,30,33);1H/t20-,21+,22+;/m0./s1. The van der Waals surface area contributed by atoms with Gasteiger partial charge in [0.05, 0.1) is 36.1 Å². The molecule has 0 saturated heterocycles. The van der Waals surface area contributed by atoms with E-state index in [-0.39, 0.29) is 55.8 Å². The Labute approximate surface area is 227 Å². The van der Waals surface area contributed by atoms with E-state index in [1.54, 1.807) is 13.0 Å². The zero-order valence-electron chi connectivity index (χ0n) is 21.1. The molecule has 0 radical (unpaired) electrons. The molecule has 0 aliphatic heterocycles. The maximum absolute atomic E-state index is 13.7. The number of hydrogen-bond donors (Lipinski definition) is 4. The summed E-state index contributed by atoms with van der Waals surface area (Å²) < 4.78 is 57.4. The summed E-state index contributed by atoms with van der Waals surface area (Å²) in [5.74, 6) is -3.48. The van der Waals surface area contributed by atoms with Crippen molar-refractivity contribution in [3.63, 3.8) is 0 Å². The lowest BCUT2D eigenvalue weighted by Crippen LogP contribution is -2.56. The zero-order chi connectivity index (χ0) is 27.4. The molecule has 10 nitrogen and oxygen atoms in total. The van der Waals surface area contributed by atoms with Crippen LogP contribution in [-0.2, 0) is 25.8 Å². The number of benzene rings is 1. The Morgan fingerprint density at radius 3 is 2.45 bits per heavy atom. The molecule has 1 aromatic rings. The topological polar surface area (TPSA) is 158 Å². The molecule has 4 N–H and O–H groups in total. The van der Waals surface area contributed by atoms with E-state index in [0.29, 0.717) is 18.9 Å². The normalized spacial score (nSPS) is 15.3. The van der Waals surface area contributed by atoms with Crippen LogP contribution in [0.1, 0.15) is 44.6 Å². The number of aliphatic hydroxyl groups excluding tert-OH is 1. The molecule has 214 valence electrons. The number of sulfone groups is 1. The highest BCUT2D eigenvalue weighted by atomic mass is 35.5. The third-order valence-electron chi connectivity index (χ3n) is 5.65. The molecule has 1 fully saturated rings. The minimum absolute atomic E-state index is 0. The lowest BCUT2D eigenvalue weighted by atomic mass is 10.00. The first-order chi connectivity index (χ1) is 17.5. The molecule has 1 saturated carbocycles. The summed E-state index contributed by atoms with van der Waals surface area (Å²) in [7, 11) is -3.76. The zero-order valence-corrected chi connectivity index (χ0v) is 22.8. The van der Waals surface area contributed by atoms with E-state index in [1.165, 1.54) is 0 Å². The molecular weight excluding hydrogens is 546 g/mol. The van der Waals surface area contributed by atoms with Gasteiger partial charge in [-0.25, -0.2) is 22.0 Å². The number of carbonyl (C=O) groups is 2. The Hall–Kier alpha value is -2.53. The van der Waals surface area contributed by atoms with Gasteiger partial charge in [-0.2, -0.15) is 5.26 Å². The van der Waals surface area contributed by atoms with Crippen LogP contribution in [0.5, 0.6) is 0 Å². The van der Waals surface area contributed by atoms with Crippen LogP contribution in [0.15, 0.2) is 18.2 Å². The van der Waals surface area contributed by atoms with Crippen molar-refractivity contribution in [2.75, 3.05) is 24.7 Å². The van der Waals surface area contributed by atoms with Crippen molar-refractivity contribution in [3.05, 3.63) is 35.4 Å². The third-order valence-corrected chi connectivity index (χ3v) is 7.40. The van der Waals surface area contributed by atoms with Crippen molar-refractivity contribution in [2.45, 2.75) is 69.7 Å². The summed E-state index contributed by atoms with van der Waals surface area (Å²) in [6, 6.07) is 2.24. The smallest absolute Gasteiger partial charge is 0.407 e. The van der Waals surface area contributed by atoms with Crippen molar-refractivity contribution in [1.82, 2.24) is 16.0 Å². The second kappa shape index (κ2) is 16.4. The van der Waals surface area contributed by atoms with E-state index >= 15 is 0 Å². The lowest BCUT2D eigenvalue weighted by molar-refractivity contribution is -0.124. The largest absolute Gasteiger partial charge is 0.448 e. The van der Waals surface area contributed by atoms with Crippen molar-refractivity contribution in [3.8, 4) is 6.07 Å². The molecule has 1 aliphatic carbocycles. The summed E-state index contributed by atoms with van der Waals surface area (Å²) in [5.41, 5.74) is 0.171. The van der Waals surface area contributed by atoms with E-state index in [1.807, 2.05) is 0 Å². The van der Waals surface area contributed by atoms with Gasteiger partial charge in [-0.05, 0) is 43.4 Å². The van der Waals surface area contributed by atoms with E-state index < -0.39 is 57.4 Å². The van der Waals surface area contributed by atoms with Crippen LogP contribution >= 0.6 is 12.4 Å². The molecule has 0 heterocycles. The SMILES string of the molecule is CCCCS(=O)(=O)C[C@@H](NC(=O)OCCC#N)C(=O)N[C@@H](Cc1cc(F)cc(F)c1)[C@H](O)CNC1CC1.Cl. The van der Waals surface area contributed by atoms with Gasteiger partial charge in [0.2, 0.25) is 5.91 Å². The van der Waals surface area contributed by atoms with Gasteiger partial charge < -0.3 is 25.8 Å². The van der Waals surface area contributed by atoms with Crippen LogP contribution in [0, 0.1) is 23.0 Å². The fourth-order valence-electron chi connectivity index (χ4n) is 3.52. The van der Waals surface area contributed by atoms with E-state index in [2.05, 4.69) is 16.0 Å². The first-order valence-electron chi connectivity index (χ1n) is 12.2. The number of nitriles is 1. The third kappa shape index (κ3) is 12.8. The monoisotopic (exact) mass is 580 g/mol.